The van der Waals surface area contributed by atoms with Crippen LogP contribution in [0.2, 0.25) is 0 Å². The number of carbonyl (C=O) groups is 1. The summed E-state index contributed by atoms with van der Waals surface area (Å²) in [5.74, 6) is -1.55. The highest BCUT2D eigenvalue weighted by molar-refractivity contribution is 9.10. The minimum absolute atomic E-state index is 0.336. The van der Waals surface area contributed by atoms with Crippen molar-refractivity contribution in [2.45, 2.75) is 10.8 Å². The minimum Gasteiger partial charge on any atom is -0.497 e. The van der Waals surface area contributed by atoms with Crippen molar-refractivity contribution in [2.75, 3.05) is 7.11 Å². The Kier molecular flexibility index (Phi) is 4.38. The van der Waals surface area contributed by atoms with Gasteiger partial charge in [-0.15, -0.1) is 0 Å². The van der Waals surface area contributed by atoms with Crippen LogP contribution in [0.3, 0.4) is 0 Å². The quantitative estimate of drug-likeness (QED) is 0.864. The summed E-state index contributed by atoms with van der Waals surface area (Å²) < 4.78 is 35.0. The molecule has 2 aromatic rings. The van der Waals surface area contributed by atoms with Crippen LogP contribution in [-0.4, -0.2) is 26.6 Å². The number of sulfone groups is 1. The number of hydrogen-bond donors (Lipinski definition) is 1. The summed E-state index contributed by atoms with van der Waals surface area (Å²) in [5, 5.41) is 8.37. The van der Waals surface area contributed by atoms with Gasteiger partial charge in [0.1, 0.15) is 5.75 Å². The van der Waals surface area contributed by atoms with Crippen LogP contribution in [0.15, 0.2) is 44.3 Å². The first-order chi connectivity index (χ1) is 9.83. The van der Waals surface area contributed by atoms with E-state index in [1.807, 2.05) is 0 Å². The number of ether oxygens (including phenoxy) is 1. The molecule has 0 unspecified atom stereocenters. The highest BCUT2D eigenvalue weighted by atomic mass is 79.9. The lowest BCUT2D eigenvalue weighted by Crippen LogP contribution is -2.05. The van der Waals surface area contributed by atoms with E-state index in [0.29, 0.717) is 15.8 Å². The van der Waals surface area contributed by atoms with Crippen molar-refractivity contribution in [1.29, 1.82) is 0 Å². The van der Waals surface area contributed by atoms with Gasteiger partial charge in [0, 0.05) is 4.47 Å². The fraction of sp³-hybridized carbons (Fsp3) is 0.154. The molecule has 1 aromatic carbocycles. The topological polar surface area (TPSA) is 93.8 Å². The molecule has 0 amide bonds. The lowest BCUT2D eigenvalue weighted by molar-refractivity contribution is 0.0656. The molecule has 0 fully saturated rings. The molecule has 0 aliphatic rings. The smallest absolute Gasteiger partial charge is 0.371 e. The van der Waals surface area contributed by atoms with Crippen molar-refractivity contribution in [3.8, 4) is 5.75 Å². The molecule has 0 spiro atoms. The van der Waals surface area contributed by atoms with E-state index in [-0.39, 0.29) is 10.8 Å². The minimum atomic E-state index is -3.79. The van der Waals surface area contributed by atoms with Gasteiger partial charge in [-0.05, 0) is 35.9 Å². The summed E-state index contributed by atoms with van der Waals surface area (Å²) in [4.78, 5) is 10.7. The Morgan fingerprint density at radius 2 is 2.05 bits per heavy atom. The molecule has 2 rings (SSSR count). The molecular weight excluding hydrogens is 364 g/mol. The van der Waals surface area contributed by atoms with Gasteiger partial charge in [0.2, 0.25) is 20.7 Å². The molecule has 0 saturated carbocycles. The lowest BCUT2D eigenvalue weighted by atomic mass is 10.2. The summed E-state index contributed by atoms with van der Waals surface area (Å²) >= 11 is 3.27. The number of hydrogen-bond acceptors (Lipinski definition) is 5. The molecule has 0 atom stereocenters. The highest BCUT2D eigenvalue weighted by Crippen LogP contribution is 2.27. The summed E-state index contributed by atoms with van der Waals surface area (Å²) in [7, 11) is -2.31. The van der Waals surface area contributed by atoms with E-state index in [2.05, 4.69) is 15.9 Å². The monoisotopic (exact) mass is 374 g/mol. The van der Waals surface area contributed by atoms with E-state index in [1.165, 1.54) is 7.11 Å². The van der Waals surface area contributed by atoms with Crippen LogP contribution < -0.4 is 4.74 Å². The number of methoxy groups -OCH3 is 1. The standard InChI is InChI=1S/C13H11BrO6S/c1-19-9-2-3-10(14)8(6-9)7-21(17,18)12-5-4-11(20-12)13(15)16/h2-6H,7H2,1H3,(H,15,16). The Hall–Kier alpha value is -1.80. The number of carboxylic acids is 1. The number of aromatic carboxylic acids is 1. The largest absolute Gasteiger partial charge is 0.497 e. The maximum absolute atomic E-state index is 12.2. The third kappa shape index (κ3) is 3.45. The van der Waals surface area contributed by atoms with Crippen molar-refractivity contribution in [1.82, 2.24) is 0 Å². The van der Waals surface area contributed by atoms with E-state index >= 15 is 0 Å². The van der Waals surface area contributed by atoms with Gasteiger partial charge in [-0.25, -0.2) is 13.2 Å². The second-order valence-electron chi connectivity index (χ2n) is 4.14. The van der Waals surface area contributed by atoms with Gasteiger partial charge in [0.25, 0.3) is 0 Å². The van der Waals surface area contributed by atoms with Gasteiger partial charge < -0.3 is 14.3 Å². The molecule has 112 valence electrons. The van der Waals surface area contributed by atoms with Crippen molar-refractivity contribution >= 4 is 31.7 Å². The molecular formula is C13H11BrO6S. The second-order valence-corrected chi connectivity index (χ2v) is 6.92. The van der Waals surface area contributed by atoms with Crippen molar-refractivity contribution < 1.29 is 27.5 Å². The van der Waals surface area contributed by atoms with Gasteiger partial charge in [0.15, 0.2) is 0 Å². The molecule has 8 heteroatoms. The Morgan fingerprint density at radius 3 is 2.62 bits per heavy atom. The summed E-state index contributed by atoms with van der Waals surface area (Å²) in [6.45, 7) is 0. The van der Waals surface area contributed by atoms with Crippen LogP contribution in [-0.2, 0) is 15.6 Å². The van der Waals surface area contributed by atoms with Crippen LogP contribution >= 0.6 is 15.9 Å². The van der Waals surface area contributed by atoms with Crippen molar-refractivity contribution in [3.63, 3.8) is 0 Å². The van der Waals surface area contributed by atoms with Crippen molar-refractivity contribution in [3.05, 3.63) is 46.1 Å². The zero-order valence-corrected chi connectivity index (χ0v) is 13.3. The molecule has 21 heavy (non-hydrogen) atoms. The molecule has 0 bridgehead atoms. The van der Waals surface area contributed by atoms with Crippen molar-refractivity contribution in [2.24, 2.45) is 0 Å². The van der Waals surface area contributed by atoms with Gasteiger partial charge in [-0.3, -0.25) is 0 Å². The first kappa shape index (κ1) is 15.6. The first-order valence-corrected chi connectivity index (χ1v) is 8.16. The first-order valence-electron chi connectivity index (χ1n) is 5.72. The molecule has 1 heterocycles. The third-order valence-corrected chi connectivity index (χ3v) is 4.99. The maximum Gasteiger partial charge on any atom is 0.371 e. The average Bonchev–Trinajstić information content (AvgIpc) is 2.92. The number of halogens is 1. The zero-order chi connectivity index (χ0) is 15.6. The predicted octanol–water partition coefficient (Wildman–Crippen LogP) is 2.72. The second kappa shape index (κ2) is 5.90. The average molecular weight is 375 g/mol. The molecule has 0 aliphatic carbocycles. The maximum atomic E-state index is 12.2. The highest BCUT2D eigenvalue weighted by Gasteiger charge is 2.23. The number of benzene rings is 1. The number of carboxylic acid groups (broad SMARTS) is 1. The van der Waals surface area contributed by atoms with E-state index < -0.39 is 21.6 Å². The Morgan fingerprint density at radius 1 is 1.33 bits per heavy atom. The van der Waals surface area contributed by atoms with E-state index in [0.717, 1.165) is 12.1 Å². The summed E-state index contributed by atoms with van der Waals surface area (Å²) in [5.41, 5.74) is 0.489. The predicted molar refractivity (Wildman–Crippen MR) is 77.3 cm³/mol. The molecule has 1 aromatic heterocycles. The van der Waals surface area contributed by atoms with Crippen LogP contribution in [0, 0.1) is 0 Å². The molecule has 0 saturated heterocycles. The fourth-order valence-corrected chi connectivity index (χ4v) is 3.52. The summed E-state index contributed by atoms with van der Waals surface area (Å²) in [6, 6.07) is 7.19. The van der Waals surface area contributed by atoms with Crippen LogP contribution in [0.5, 0.6) is 5.75 Å². The molecule has 1 N–H and O–H groups in total. The normalized spacial score (nSPS) is 11.3. The zero-order valence-electron chi connectivity index (χ0n) is 10.9. The van der Waals surface area contributed by atoms with E-state index in [9.17, 15) is 13.2 Å². The van der Waals surface area contributed by atoms with Crippen LogP contribution in [0.4, 0.5) is 0 Å². The summed E-state index contributed by atoms with van der Waals surface area (Å²) in [6.07, 6.45) is 0. The van der Waals surface area contributed by atoms with Gasteiger partial charge >= 0.3 is 5.97 Å². The van der Waals surface area contributed by atoms with Crippen LogP contribution in [0.1, 0.15) is 16.1 Å². The Bertz CT molecular complexity index is 778. The van der Waals surface area contributed by atoms with Crippen LogP contribution in [0.25, 0.3) is 0 Å². The van der Waals surface area contributed by atoms with Gasteiger partial charge in [-0.1, -0.05) is 15.9 Å². The molecule has 0 aliphatic heterocycles. The SMILES string of the molecule is COc1ccc(Br)c(CS(=O)(=O)c2ccc(C(=O)O)o2)c1. The molecule has 6 nitrogen and oxygen atoms in total. The number of rotatable bonds is 5. The molecule has 0 radical (unpaired) electrons. The lowest BCUT2D eigenvalue weighted by Gasteiger charge is -2.07. The Labute approximate surface area is 129 Å². The van der Waals surface area contributed by atoms with Gasteiger partial charge in [-0.2, -0.15) is 0 Å². The third-order valence-electron chi connectivity index (χ3n) is 2.70. The van der Waals surface area contributed by atoms with E-state index in [1.54, 1.807) is 18.2 Å². The Balaban J connectivity index is 2.34. The van der Waals surface area contributed by atoms with Gasteiger partial charge in [0.05, 0.1) is 12.9 Å². The van der Waals surface area contributed by atoms with E-state index in [4.69, 9.17) is 14.3 Å². The fourth-order valence-electron chi connectivity index (χ4n) is 1.67. The number of furan rings is 1.